The second-order valence-corrected chi connectivity index (χ2v) is 7.66. The van der Waals surface area contributed by atoms with Crippen molar-refractivity contribution in [3.63, 3.8) is 0 Å². The Balaban J connectivity index is 1.37. The second kappa shape index (κ2) is 10.7. The molecule has 5 heteroatoms. The molecule has 0 atom stereocenters. The average molecular weight is 431 g/mol. The zero-order valence-electron chi connectivity index (χ0n) is 18.8. The van der Waals surface area contributed by atoms with Gasteiger partial charge in [0, 0.05) is 6.54 Å². The lowest BCUT2D eigenvalue weighted by Gasteiger charge is -2.12. The Morgan fingerprint density at radius 3 is 2.34 bits per heavy atom. The number of methoxy groups -OCH3 is 1. The molecule has 32 heavy (non-hydrogen) atoms. The summed E-state index contributed by atoms with van der Waals surface area (Å²) in [6.07, 6.45) is 3.01. The summed E-state index contributed by atoms with van der Waals surface area (Å²) < 4.78 is 19.6. The first-order valence-electron chi connectivity index (χ1n) is 11.2. The van der Waals surface area contributed by atoms with Crippen molar-refractivity contribution in [1.29, 1.82) is 0 Å². The minimum absolute atomic E-state index is 0.384. The molecule has 0 radical (unpaired) electrons. The Morgan fingerprint density at radius 2 is 1.56 bits per heavy atom. The molecule has 0 aliphatic carbocycles. The van der Waals surface area contributed by atoms with Gasteiger partial charge in [0.2, 0.25) is 0 Å². The van der Waals surface area contributed by atoms with Crippen molar-refractivity contribution >= 4 is 11.0 Å². The third-order valence-corrected chi connectivity index (χ3v) is 5.54. The maximum atomic E-state index is 6.06. The van der Waals surface area contributed by atoms with Crippen LogP contribution in [0.15, 0.2) is 72.8 Å². The zero-order valence-corrected chi connectivity index (χ0v) is 18.8. The predicted molar refractivity (Wildman–Crippen MR) is 128 cm³/mol. The maximum Gasteiger partial charge on any atom is 0.161 e. The van der Waals surface area contributed by atoms with Gasteiger partial charge in [-0.2, -0.15) is 0 Å². The molecule has 1 heterocycles. The molecular weight excluding hydrogens is 400 g/mol. The van der Waals surface area contributed by atoms with E-state index in [0.717, 1.165) is 59.9 Å². The number of benzene rings is 3. The molecule has 0 N–H and O–H groups in total. The van der Waals surface area contributed by atoms with E-state index < -0.39 is 0 Å². The third kappa shape index (κ3) is 5.22. The molecule has 0 unspecified atom stereocenters. The summed E-state index contributed by atoms with van der Waals surface area (Å²) in [4.78, 5) is 4.81. The van der Waals surface area contributed by atoms with E-state index in [0.29, 0.717) is 13.2 Å². The number of aromatic nitrogens is 2. The van der Waals surface area contributed by atoms with Crippen LogP contribution in [0.3, 0.4) is 0 Å². The van der Waals surface area contributed by atoms with Gasteiger partial charge < -0.3 is 18.8 Å². The normalized spacial score (nSPS) is 10.9. The van der Waals surface area contributed by atoms with Crippen LogP contribution in [0, 0.1) is 0 Å². The fraction of sp³-hybridized carbons (Fsp3) is 0.296. The lowest BCUT2D eigenvalue weighted by Crippen LogP contribution is -2.09. The van der Waals surface area contributed by atoms with Crippen molar-refractivity contribution in [2.45, 2.75) is 39.3 Å². The van der Waals surface area contributed by atoms with E-state index in [1.54, 1.807) is 7.11 Å². The molecule has 1 aromatic heterocycles. The van der Waals surface area contributed by atoms with E-state index >= 15 is 0 Å². The average Bonchev–Trinajstić information content (AvgIpc) is 3.20. The molecule has 4 rings (SSSR count). The topological polar surface area (TPSA) is 45.5 Å². The highest BCUT2D eigenvalue weighted by molar-refractivity contribution is 5.75. The van der Waals surface area contributed by atoms with Gasteiger partial charge in [-0.05, 0) is 61.2 Å². The van der Waals surface area contributed by atoms with Crippen LogP contribution in [0.5, 0.6) is 17.2 Å². The van der Waals surface area contributed by atoms with Crippen molar-refractivity contribution < 1.29 is 14.2 Å². The number of unbranched alkanes of at least 4 members (excludes halogenated alkanes) is 1. The molecule has 0 saturated heterocycles. The minimum Gasteiger partial charge on any atom is -0.494 e. The van der Waals surface area contributed by atoms with Crippen molar-refractivity contribution in [2.24, 2.45) is 0 Å². The van der Waals surface area contributed by atoms with E-state index in [1.807, 2.05) is 36.4 Å². The molecule has 0 aliphatic heterocycles. The predicted octanol–water partition coefficient (Wildman–Crippen LogP) is 6.05. The molecule has 0 spiro atoms. The number of hydrogen-bond acceptors (Lipinski definition) is 4. The Kier molecular flexibility index (Phi) is 7.28. The monoisotopic (exact) mass is 430 g/mol. The van der Waals surface area contributed by atoms with E-state index in [9.17, 15) is 0 Å². The van der Waals surface area contributed by atoms with Crippen LogP contribution < -0.4 is 14.2 Å². The van der Waals surface area contributed by atoms with Crippen molar-refractivity contribution in [3.8, 4) is 17.2 Å². The lowest BCUT2D eigenvalue weighted by molar-refractivity contribution is 0.270. The Bertz CT molecular complexity index is 1140. The van der Waals surface area contributed by atoms with E-state index in [4.69, 9.17) is 19.2 Å². The molecule has 0 bridgehead atoms. The lowest BCUT2D eigenvalue weighted by atomic mass is 10.2. The van der Waals surface area contributed by atoms with Gasteiger partial charge in [-0.1, -0.05) is 43.3 Å². The Labute approximate surface area is 189 Å². The molecule has 5 nitrogen and oxygen atoms in total. The third-order valence-electron chi connectivity index (χ3n) is 5.54. The largest absolute Gasteiger partial charge is 0.494 e. The number of para-hydroxylation sites is 4. The van der Waals surface area contributed by atoms with Crippen LogP contribution in [0.2, 0.25) is 0 Å². The second-order valence-electron chi connectivity index (χ2n) is 7.66. The zero-order chi connectivity index (χ0) is 22.2. The Morgan fingerprint density at radius 1 is 0.812 bits per heavy atom. The number of ether oxygens (including phenoxy) is 3. The number of fused-ring (bicyclic) bond motifs is 1. The van der Waals surface area contributed by atoms with Gasteiger partial charge in [0.1, 0.15) is 18.2 Å². The van der Waals surface area contributed by atoms with Crippen LogP contribution in [0.25, 0.3) is 11.0 Å². The summed E-state index contributed by atoms with van der Waals surface area (Å²) in [6.45, 7) is 4.11. The van der Waals surface area contributed by atoms with Crippen LogP contribution >= 0.6 is 0 Å². The highest BCUT2D eigenvalue weighted by Crippen LogP contribution is 2.27. The molecule has 3 aromatic carbocycles. The van der Waals surface area contributed by atoms with Gasteiger partial charge in [-0.3, -0.25) is 0 Å². The molecule has 0 amide bonds. The highest BCUT2D eigenvalue weighted by atomic mass is 16.5. The van der Waals surface area contributed by atoms with E-state index in [2.05, 4.69) is 47.9 Å². The van der Waals surface area contributed by atoms with E-state index in [-0.39, 0.29) is 0 Å². The van der Waals surface area contributed by atoms with Gasteiger partial charge in [0.25, 0.3) is 0 Å². The highest BCUT2D eigenvalue weighted by Gasteiger charge is 2.12. The maximum absolute atomic E-state index is 6.06. The summed E-state index contributed by atoms with van der Waals surface area (Å²) in [7, 11) is 1.65. The fourth-order valence-electron chi connectivity index (χ4n) is 3.75. The molecule has 4 aromatic rings. The summed E-state index contributed by atoms with van der Waals surface area (Å²) in [5, 5.41) is 0. The fourth-order valence-corrected chi connectivity index (χ4v) is 3.75. The van der Waals surface area contributed by atoms with Gasteiger partial charge in [0.15, 0.2) is 11.5 Å². The number of rotatable bonds is 11. The quantitative estimate of drug-likeness (QED) is 0.272. The molecular formula is C27H30N2O3. The van der Waals surface area contributed by atoms with Crippen molar-refractivity contribution in [1.82, 2.24) is 9.55 Å². The SMILES string of the molecule is CCc1ccc(OCCCCn2c(COc3ccccc3OC)nc3ccccc32)cc1. The van der Waals surface area contributed by atoms with Gasteiger partial charge in [0.05, 0.1) is 24.8 Å². The van der Waals surface area contributed by atoms with Gasteiger partial charge >= 0.3 is 0 Å². The van der Waals surface area contributed by atoms with Crippen LogP contribution in [0.4, 0.5) is 0 Å². The Hall–Kier alpha value is -3.47. The van der Waals surface area contributed by atoms with Crippen molar-refractivity contribution in [2.75, 3.05) is 13.7 Å². The summed E-state index contributed by atoms with van der Waals surface area (Å²) in [6, 6.07) is 24.3. The molecule has 166 valence electrons. The first-order chi connectivity index (χ1) is 15.8. The first kappa shape index (κ1) is 21.8. The number of imidazole rings is 1. The first-order valence-corrected chi connectivity index (χ1v) is 11.2. The van der Waals surface area contributed by atoms with E-state index in [1.165, 1.54) is 5.56 Å². The van der Waals surface area contributed by atoms with Gasteiger partial charge in [-0.15, -0.1) is 0 Å². The van der Waals surface area contributed by atoms with Gasteiger partial charge in [-0.25, -0.2) is 4.98 Å². The standard InChI is InChI=1S/C27H30N2O3/c1-3-21-14-16-22(17-15-21)31-19-9-8-18-29-24-11-5-4-10-23(24)28-27(29)20-32-26-13-7-6-12-25(26)30-2/h4-7,10-17H,3,8-9,18-20H2,1-2H3. The number of aryl methyl sites for hydroxylation is 2. The minimum atomic E-state index is 0.384. The molecule has 0 fully saturated rings. The molecule has 0 saturated carbocycles. The van der Waals surface area contributed by atoms with Crippen LogP contribution in [-0.4, -0.2) is 23.3 Å². The van der Waals surface area contributed by atoms with Crippen LogP contribution in [0.1, 0.15) is 31.2 Å². The van der Waals surface area contributed by atoms with Crippen LogP contribution in [-0.2, 0) is 19.6 Å². The molecule has 0 aliphatic rings. The van der Waals surface area contributed by atoms with Crippen molar-refractivity contribution in [3.05, 3.63) is 84.2 Å². The number of nitrogens with zero attached hydrogens (tertiary/aromatic N) is 2. The summed E-state index contributed by atoms with van der Waals surface area (Å²) >= 11 is 0. The summed E-state index contributed by atoms with van der Waals surface area (Å²) in [5.74, 6) is 3.28. The smallest absolute Gasteiger partial charge is 0.161 e. The number of hydrogen-bond donors (Lipinski definition) is 0. The summed E-state index contributed by atoms with van der Waals surface area (Å²) in [5.41, 5.74) is 3.44.